The molecule has 0 spiro atoms. The van der Waals surface area contributed by atoms with Crippen molar-refractivity contribution < 1.29 is 0 Å². The first-order chi connectivity index (χ1) is 8.92. The summed E-state index contributed by atoms with van der Waals surface area (Å²) in [4.78, 5) is 13.7. The van der Waals surface area contributed by atoms with Crippen molar-refractivity contribution in [3.05, 3.63) is 54.7 Å². The molecule has 3 nitrogen and oxygen atoms in total. The predicted molar refractivity (Wildman–Crippen MR) is 71.5 cm³/mol. The highest BCUT2D eigenvalue weighted by Crippen LogP contribution is 2.28. The summed E-state index contributed by atoms with van der Waals surface area (Å²) in [5, 5.41) is 1.08. The highest BCUT2D eigenvalue weighted by molar-refractivity contribution is 5.96. The molecule has 2 aromatic carbocycles. The van der Waals surface area contributed by atoms with Gasteiger partial charge in [-0.2, -0.15) is 0 Å². The molecule has 0 N–H and O–H groups in total. The van der Waals surface area contributed by atoms with Crippen molar-refractivity contribution in [1.29, 1.82) is 0 Å². The van der Waals surface area contributed by atoms with E-state index in [1.165, 1.54) is 0 Å². The topological polar surface area (TPSA) is 38.7 Å². The fourth-order valence-corrected chi connectivity index (χ4v) is 2.22. The maximum atomic E-state index is 4.70. The zero-order valence-electron chi connectivity index (χ0n) is 9.54. The Morgan fingerprint density at radius 1 is 0.667 bits per heavy atom. The summed E-state index contributed by atoms with van der Waals surface area (Å²) in [5.41, 5.74) is 4.51. The van der Waals surface area contributed by atoms with Crippen LogP contribution in [0.15, 0.2) is 54.7 Å². The number of benzene rings is 2. The molecular formula is C15H9N3. The summed E-state index contributed by atoms with van der Waals surface area (Å²) in [5.74, 6) is 0. The molecule has 2 aromatic rings. The van der Waals surface area contributed by atoms with Gasteiger partial charge in [-0.05, 0) is 18.2 Å². The zero-order valence-corrected chi connectivity index (χ0v) is 9.54. The molecule has 4 rings (SSSR count). The van der Waals surface area contributed by atoms with Crippen LogP contribution in [0.25, 0.3) is 33.3 Å². The molecule has 0 saturated heterocycles. The van der Waals surface area contributed by atoms with Gasteiger partial charge in [0.1, 0.15) is 11.4 Å². The Balaban J connectivity index is 2.23. The summed E-state index contributed by atoms with van der Waals surface area (Å²) >= 11 is 0. The van der Waals surface area contributed by atoms with E-state index in [1.54, 1.807) is 6.20 Å². The quantitative estimate of drug-likeness (QED) is 0.466. The molecule has 18 heavy (non-hydrogen) atoms. The normalized spacial score (nSPS) is 11.3. The Kier molecular flexibility index (Phi) is 1.83. The maximum Gasteiger partial charge on any atom is 0.108 e. The number of aromatic nitrogens is 3. The smallest absolute Gasteiger partial charge is 0.108 e. The number of fused-ring (bicyclic) bond motifs is 4. The molecule has 0 aliphatic carbocycles. The summed E-state index contributed by atoms with van der Waals surface area (Å²) in [6, 6.07) is 15.9. The van der Waals surface area contributed by atoms with E-state index >= 15 is 0 Å². The number of hydrogen-bond acceptors (Lipinski definition) is 3. The lowest BCUT2D eigenvalue weighted by Crippen LogP contribution is -1.76. The van der Waals surface area contributed by atoms with Crippen molar-refractivity contribution in [2.45, 2.75) is 0 Å². The third-order valence-corrected chi connectivity index (χ3v) is 3.08. The lowest BCUT2D eigenvalue weighted by molar-refractivity contribution is 1.36. The van der Waals surface area contributed by atoms with Gasteiger partial charge in [0.05, 0.1) is 22.7 Å². The second-order valence-electron chi connectivity index (χ2n) is 4.22. The van der Waals surface area contributed by atoms with Crippen molar-refractivity contribution in [3.8, 4) is 11.4 Å². The Morgan fingerprint density at radius 3 is 2.28 bits per heavy atom. The average molecular weight is 231 g/mol. The Labute approximate surface area is 103 Å². The van der Waals surface area contributed by atoms with Crippen LogP contribution in [-0.4, -0.2) is 15.0 Å². The summed E-state index contributed by atoms with van der Waals surface area (Å²) in [6.07, 6.45) is 1.80. The molecule has 2 aliphatic rings. The maximum absolute atomic E-state index is 4.70. The van der Waals surface area contributed by atoms with Crippen molar-refractivity contribution in [2.75, 3.05) is 0 Å². The Bertz CT molecular complexity index is 833. The summed E-state index contributed by atoms with van der Waals surface area (Å²) in [6.45, 7) is 0. The predicted octanol–water partition coefficient (Wildman–Crippen LogP) is 3.28. The SMILES string of the molecule is c1ccc2nc3c4ccccc4nc-3cnc2c1. The molecule has 0 fully saturated rings. The van der Waals surface area contributed by atoms with Crippen LogP contribution >= 0.6 is 0 Å². The van der Waals surface area contributed by atoms with Crippen LogP contribution in [0.3, 0.4) is 0 Å². The van der Waals surface area contributed by atoms with Gasteiger partial charge in [-0.1, -0.05) is 30.3 Å². The molecule has 2 heterocycles. The Hall–Kier alpha value is -2.55. The number of para-hydroxylation sites is 3. The average Bonchev–Trinajstić information content (AvgIpc) is 2.65. The third kappa shape index (κ3) is 1.27. The highest BCUT2D eigenvalue weighted by Gasteiger charge is 2.12. The van der Waals surface area contributed by atoms with Crippen LogP contribution in [0.2, 0.25) is 0 Å². The molecular weight excluding hydrogens is 222 g/mol. The second kappa shape index (κ2) is 3.47. The minimum atomic E-state index is 0.840. The first-order valence-corrected chi connectivity index (χ1v) is 5.82. The van der Waals surface area contributed by atoms with Gasteiger partial charge >= 0.3 is 0 Å². The van der Waals surface area contributed by atoms with Gasteiger partial charge in [-0.15, -0.1) is 0 Å². The molecule has 84 valence electrons. The fourth-order valence-electron chi connectivity index (χ4n) is 2.22. The van der Waals surface area contributed by atoms with Gasteiger partial charge in [0.15, 0.2) is 0 Å². The summed E-state index contributed by atoms with van der Waals surface area (Å²) < 4.78 is 0. The second-order valence-corrected chi connectivity index (χ2v) is 4.22. The van der Waals surface area contributed by atoms with E-state index in [4.69, 9.17) is 4.98 Å². The van der Waals surface area contributed by atoms with Crippen molar-refractivity contribution in [3.63, 3.8) is 0 Å². The molecule has 0 aromatic heterocycles. The van der Waals surface area contributed by atoms with E-state index in [0.717, 1.165) is 33.3 Å². The van der Waals surface area contributed by atoms with Crippen LogP contribution in [0, 0.1) is 0 Å². The van der Waals surface area contributed by atoms with Gasteiger partial charge in [-0.25, -0.2) is 9.97 Å². The monoisotopic (exact) mass is 231 g/mol. The van der Waals surface area contributed by atoms with E-state index in [9.17, 15) is 0 Å². The molecule has 0 amide bonds. The minimum Gasteiger partial charge on any atom is -0.252 e. The Morgan fingerprint density at radius 2 is 1.39 bits per heavy atom. The molecule has 0 saturated carbocycles. The van der Waals surface area contributed by atoms with E-state index in [1.807, 2.05) is 48.5 Å². The van der Waals surface area contributed by atoms with E-state index in [-0.39, 0.29) is 0 Å². The fraction of sp³-hybridized carbons (Fsp3) is 0. The number of rotatable bonds is 0. The van der Waals surface area contributed by atoms with Gasteiger partial charge in [0.25, 0.3) is 0 Å². The molecule has 0 radical (unpaired) electrons. The number of hydrogen-bond donors (Lipinski definition) is 0. The van der Waals surface area contributed by atoms with Gasteiger partial charge in [0, 0.05) is 5.39 Å². The molecule has 0 unspecified atom stereocenters. The largest absolute Gasteiger partial charge is 0.252 e. The third-order valence-electron chi connectivity index (χ3n) is 3.08. The first-order valence-electron chi connectivity index (χ1n) is 5.82. The van der Waals surface area contributed by atoms with Gasteiger partial charge in [0.2, 0.25) is 0 Å². The lowest BCUT2D eigenvalue weighted by atomic mass is 10.2. The molecule has 0 atom stereocenters. The first kappa shape index (κ1) is 9.48. The van der Waals surface area contributed by atoms with Crippen LogP contribution in [0.5, 0.6) is 0 Å². The molecule has 2 aliphatic heterocycles. The van der Waals surface area contributed by atoms with Crippen LogP contribution in [0.4, 0.5) is 0 Å². The highest BCUT2D eigenvalue weighted by atomic mass is 14.9. The van der Waals surface area contributed by atoms with Crippen LogP contribution in [0.1, 0.15) is 0 Å². The van der Waals surface area contributed by atoms with Crippen LogP contribution < -0.4 is 0 Å². The van der Waals surface area contributed by atoms with E-state index in [0.29, 0.717) is 0 Å². The van der Waals surface area contributed by atoms with Gasteiger partial charge in [-0.3, -0.25) is 4.98 Å². The summed E-state index contributed by atoms with van der Waals surface area (Å²) in [7, 11) is 0. The van der Waals surface area contributed by atoms with Crippen molar-refractivity contribution in [1.82, 2.24) is 15.0 Å². The standard InChI is InChI=1S/C15H9N3/c1-2-6-11-10(5-1)15-14(17-11)9-16-12-7-3-4-8-13(12)18-15/h1-9H. The van der Waals surface area contributed by atoms with Gasteiger partial charge < -0.3 is 0 Å². The van der Waals surface area contributed by atoms with E-state index < -0.39 is 0 Å². The van der Waals surface area contributed by atoms with Crippen molar-refractivity contribution in [2.24, 2.45) is 0 Å². The molecule has 3 heteroatoms. The van der Waals surface area contributed by atoms with Crippen LogP contribution in [-0.2, 0) is 0 Å². The minimum absolute atomic E-state index is 0.840. The lowest BCUT2D eigenvalue weighted by Gasteiger charge is -1.91. The van der Waals surface area contributed by atoms with Crippen molar-refractivity contribution >= 4 is 21.9 Å². The van der Waals surface area contributed by atoms with E-state index in [2.05, 4.69) is 9.97 Å². The number of nitrogens with zero attached hydrogens (tertiary/aromatic N) is 3. The molecule has 0 bridgehead atoms. The zero-order chi connectivity index (χ0) is 11.9.